The Morgan fingerprint density at radius 2 is 2.00 bits per heavy atom. The number of para-hydroxylation sites is 1. The molecule has 1 N–H and O–H groups in total. The van der Waals surface area contributed by atoms with E-state index in [9.17, 15) is 4.79 Å². The van der Waals surface area contributed by atoms with E-state index in [-0.39, 0.29) is 5.91 Å². The number of fused-ring (bicyclic) bond motifs is 2. The van der Waals surface area contributed by atoms with Crippen molar-refractivity contribution in [2.75, 3.05) is 11.9 Å². The Hall–Kier alpha value is -1.97. The van der Waals surface area contributed by atoms with Gasteiger partial charge in [-0.3, -0.25) is 4.79 Å². The lowest BCUT2D eigenvalue weighted by Gasteiger charge is -2.15. The van der Waals surface area contributed by atoms with Crippen LogP contribution in [-0.4, -0.2) is 30.4 Å². The molecule has 0 fully saturated rings. The molecule has 0 radical (unpaired) electrons. The normalized spacial score (nSPS) is 15.2. The minimum atomic E-state index is -1.11. The molecule has 0 spiro atoms. The molecule has 2 heterocycles. The van der Waals surface area contributed by atoms with Gasteiger partial charge >= 0.3 is 0 Å². The molecule has 0 saturated heterocycles. The Bertz CT molecular complexity index is 1110. The van der Waals surface area contributed by atoms with Crippen molar-refractivity contribution in [1.82, 2.24) is 9.78 Å². The summed E-state index contributed by atoms with van der Waals surface area (Å²) >= 11 is 2.26. The average molecular weight is 517 g/mol. The van der Waals surface area contributed by atoms with Crippen molar-refractivity contribution in [3.05, 3.63) is 57.3 Å². The van der Waals surface area contributed by atoms with Gasteiger partial charge in [-0.1, -0.05) is 43.9 Å². The Balaban J connectivity index is 1.62. The van der Waals surface area contributed by atoms with Gasteiger partial charge in [0.15, 0.2) is 0 Å². The number of nitrogens with one attached hydrogen (secondary N) is 1. The summed E-state index contributed by atoms with van der Waals surface area (Å²) in [6.45, 7) is 8.24. The topological polar surface area (TPSA) is 56.2 Å². The number of ether oxygens (including phenoxy) is 1. The van der Waals surface area contributed by atoms with Crippen LogP contribution >= 0.6 is 22.6 Å². The van der Waals surface area contributed by atoms with E-state index in [1.54, 1.807) is 0 Å². The third-order valence-corrected chi connectivity index (χ3v) is 7.46. The van der Waals surface area contributed by atoms with E-state index < -0.39 is 8.07 Å². The number of hydrogen-bond acceptors (Lipinski definition) is 3. The van der Waals surface area contributed by atoms with Crippen LogP contribution in [0.2, 0.25) is 25.7 Å². The Kier molecular flexibility index (Phi) is 5.63. The first-order valence-electron chi connectivity index (χ1n) is 9.68. The van der Waals surface area contributed by atoms with E-state index in [1.165, 1.54) is 0 Å². The summed E-state index contributed by atoms with van der Waals surface area (Å²) in [5.41, 5.74) is 4.48. The Labute approximate surface area is 185 Å². The second kappa shape index (κ2) is 8.04. The highest BCUT2D eigenvalue weighted by Crippen LogP contribution is 2.33. The molecule has 0 unspecified atom stereocenters. The summed E-state index contributed by atoms with van der Waals surface area (Å²) in [5, 5.41) is 8.66. The highest BCUT2D eigenvalue weighted by Gasteiger charge is 2.23. The van der Waals surface area contributed by atoms with Crippen molar-refractivity contribution in [3.8, 4) is 0 Å². The number of anilines is 1. The number of benzene rings is 2. The van der Waals surface area contributed by atoms with Gasteiger partial charge in [0.25, 0.3) is 5.91 Å². The number of halogens is 1. The molecular formula is C22H24IN3O2Si. The van der Waals surface area contributed by atoms with Gasteiger partial charge < -0.3 is 10.1 Å². The summed E-state index contributed by atoms with van der Waals surface area (Å²) in [5.74, 6) is -0.0657. The summed E-state index contributed by atoms with van der Waals surface area (Å²) in [6.07, 6.45) is 1.94. The van der Waals surface area contributed by atoms with Crippen LogP contribution in [0.1, 0.15) is 11.1 Å². The predicted octanol–water partition coefficient (Wildman–Crippen LogP) is 5.45. The van der Waals surface area contributed by atoms with Crippen LogP contribution in [0.25, 0.3) is 22.6 Å². The van der Waals surface area contributed by atoms with Crippen LogP contribution < -0.4 is 5.32 Å². The van der Waals surface area contributed by atoms with Crippen molar-refractivity contribution >= 4 is 64.8 Å². The van der Waals surface area contributed by atoms with Gasteiger partial charge in [-0.15, -0.1) is 0 Å². The third kappa shape index (κ3) is 4.46. The molecule has 7 heteroatoms. The number of carbonyl (C=O) groups excluding carboxylic acids is 1. The number of carbonyl (C=O) groups is 1. The van der Waals surface area contributed by atoms with Crippen LogP contribution in [0.5, 0.6) is 0 Å². The molecule has 150 valence electrons. The highest BCUT2D eigenvalue weighted by atomic mass is 127. The maximum atomic E-state index is 12.4. The van der Waals surface area contributed by atoms with E-state index in [0.29, 0.717) is 12.3 Å². The van der Waals surface area contributed by atoms with Gasteiger partial charge in [0, 0.05) is 36.9 Å². The molecule has 4 rings (SSSR count). The molecule has 1 aliphatic rings. The quantitative estimate of drug-likeness (QED) is 0.205. The lowest BCUT2D eigenvalue weighted by molar-refractivity contribution is -0.110. The molecule has 0 atom stereocenters. The van der Waals surface area contributed by atoms with Crippen molar-refractivity contribution in [2.24, 2.45) is 0 Å². The lowest BCUT2D eigenvalue weighted by atomic mass is 10.0. The first kappa shape index (κ1) is 20.3. The van der Waals surface area contributed by atoms with Gasteiger partial charge in [0.05, 0.1) is 5.52 Å². The Morgan fingerprint density at radius 3 is 2.79 bits per heavy atom. The van der Waals surface area contributed by atoms with E-state index in [4.69, 9.17) is 4.74 Å². The van der Waals surface area contributed by atoms with E-state index in [0.717, 1.165) is 44.1 Å². The molecule has 5 nitrogen and oxygen atoms in total. The zero-order valence-electron chi connectivity index (χ0n) is 16.8. The third-order valence-electron chi connectivity index (χ3n) is 4.96. The largest absolute Gasteiger partial charge is 0.360 e. The Morgan fingerprint density at radius 1 is 1.21 bits per heavy atom. The average Bonchev–Trinajstić information content (AvgIpc) is 3.15. The summed E-state index contributed by atoms with van der Waals surface area (Å²) in [6, 6.07) is 15.1. The molecule has 1 aromatic heterocycles. The van der Waals surface area contributed by atoms with E-state index in [1.807, 2.05) is 41.1 Å². The molecular weight excluding hydrogens is 493 g/mol. The van der Waals surface area contributed by atoms with Crippen LogP contribution in [0, 0.1) is 3.70 Å². The van der Waals surface area contributed by atoms with Gasteiger partial charge in [0.2, 0.25) is 0 Å². The number of nitrogens with zero attached hydrogens (tertiary/aromatic N) is 2. The van der Waals surface area contributed by atoms with Crippen molar-refractivity contribution in [3.63, 3.8) is 0 Å². The number of aromatic nitrogens is 2. The fourth-order valence-corrected chi connectivity index (χ4v) is 4.79. The van der Waals surface area contributed by atoms with Crippen molar-refractivity contribution < 1.29 is 9.53 Å². The second-order valence-electron chi connectivity index (χ2n) is 8.47. The maximum Gasteiger partial charge on any atom is 0.256 e. The second-order valence-corrected chi connectivity index (χ2v) is 15.1. The molecule has 0 bridgehead atoms. The zero-order valence-corrected chi connectivity index (χ0v) is 20.0. The van der Waals surface area contributed by atoms with Gasteiger partial charge in [-0.25, -0.2) is 4.68 Å². The van der Waals surface area contributed by atoms with Crippen LogP contribution in [0.15, 0.2) is 42.5 Å². The molecule has 2 aromatic carbocycles. The maximum absolute atomic E-state index is 12.4. The van der Waals surface area contributed by atoms with Crippen molar-refractivity contribution in [2.45, 2.75) is 32.4 Å². The predicted molar refractivity (Wildman–Crippen MR) is 129 cm³/mol. The number of hydrogen-bond donors (Lipinski definition) is 1. The minimum absolute atomic E-state index is 0.0657. The molecule has 0 saturated carbocycles. The molecule has 3 aromatic rings. The monoisotopic (exact) mass is 517 g/mol. The minimum Gasteiger partial charge on any atom is -0.360 e. The smallest absolute Gasteiger partial charge is 0.256 e. The molecule has 0 aliphatic carbocycles. The SMILES string of the molecule is C[Si](C)(C)CCOCn1nc(I)c2ccc(/C=C3/C(=O)Nc4ccccc43)cc21. The molecule has 29 heavy (non-hydrogen) atoms. The van der Waals surface area contributed by atoms with Crippen LogP contribution in [0.3, 0.4) is 0 Å². The fraction of sp³-hybridized carbons (Fsp3) is 0.273. The lowest BCUT2D eigenvalue weighted by Crippen LogP contribution is -2.22. The summed E-state index contributed by atoms with van der Waals surface area (Å²) in [4.78, 5) is 12.4. The molecule has 1 amide bonds. The van der Waals surface area contributed by atoms with Crippen LogP contribution in [0.4, 0.5) is 5.69 Å². The first-order valence-corrected chi connectivity index (χ1v) is 14.5. The molecule has 1 aliphatic heterocycles. The van der Waals surface area contributed by atoms with E-state index >= 15 is 0 Å². The van der Waals surface area contributed by atoms with Crippen molar-refractivity contribution in [1.29, 1.82) is 0 Å². The fourth-order valence-electron chi connectivity index (χ4n) is 3.32. The van der Waals surface area contributed by atoms with E-state index in [2.05, 4.69) is 64.8 Å². The summed E-state index contributed by atoms with van der Waals surface area (Å²) in [7, 11) is -1.11. The number of amides is 1. The summed E-state index contributed by atoms with van der Waals surface area (Å²) < 4.78 is 8.77. The van der Waals surface area contributed by atoms with Gasteiger partial charge in [-0.2, -0.15) is 5.10 Å². The highest BCUT2D eigenvalue weighted by molar-refractivity contribution is 14.1. The number of rotatable bonds is 6. The van der Waals surface area contributed by atoms with Crippen LogP contribution in [-0.2, 0) is 16.3 Å². The first-order chi connectivity index (χ1) is 13.8. The zero-order chi connectivity index (χ0) is 20.6. The van der Waals surface area contributed by atoms with Gasteiger partial charge in [-0.05, 0) is 58.5 Å². The standard InChI is InChI=1S/C22H24IN3O2Si/c1-29(2,3)11-10-28-14-26-20-13-15(8-9-17(20)21(23)25-26)12-18-16-6-4-5-7-19(16)24-22(18)27/h4-9,12-13H,10-11,14H2,1-3H3,(H,24,27)/b18-12+. The van der Waals surface area contributed by atoms with Gasteiger partial charge in [0.1, 0.15) is 10.4 Å².